The summed E-state index contributed by atoms with van der Waals surface area (Å²) in [5.41, 5.74) is 2.80. The zero-order valence-electron chi connectivity index (χ0n) is 10.5. The third-order valence-corrected chi connectivity index (χ3v) is 3.60. The van der Waals surface area contributed by atoms with Crippen molar-refractivity contribution >= 4 is 34.7 Å². The van der Waals surface area contributed by atoms with Crippen molar-refractivity contribution in [3.63, 3.8) is 0 Å². The Morgan fingerprint density at radius 1 is 1.16 bits per heavy atom. The van der Waals surface area contributed by atoms with Crippen LogP contribution in [0.3, 0.4) is 0 Å². The minimum absolute atomic E-state index is 0.455. The normalized spacial score (nSPS) is 10.1. The molecule has 0 aliphatic carbocycles. The third kappa shape index (κ3) is 2.65. The Morgan fingerprint density at radius 3 is 2.58 bits per heavy atom. The Kier molecular flexibility index (Phi) is 3.94. The van der Waals surface area contributed by atoms with Gasteiger partial charge < -0.3 is 5.32 Å². The van der Waals surface area contributed by atoms with E-state index in [1.165, 1.54) is 0 Å². The van der Waals surface area contributed by atoms with E-state index in [0.717, 1.165) is 11.1 Å². The molecule has 0 unspecified atom stereocenters. The van der Waals surface area contributed by atoms with Crippen molar-refractivity contribution in [2.75, 3.05) is 5.32 Å². The second-order valence-electron chi connectivity index (χ2n) is 4.14. The zero-order chi connectivity index (χ0) is 14.0. The minimum atomic E-state index is 0.455. The van der Waals surface area contributed by atoms with Crippen molar-refractivity contribution in [2.45, 2.75) is 13.8 Å². The second kappa shape index (κ2) is 5.48. The molecule has 5 heteroatoms. The van der Waals surface area contributed by atoms with E-state index in [2.05, 4.69) is 16.4 Å². The maximum Gasteiger partial charge on any atom is 0.148 e. The summed E-state index contributed by atoms with van der Waals surface area (Å²) in [4.78, 5) is 4.17. The summed E-state index contributed by atoms with van der Waals surface area (Å²) in [6, 6.07) is 7.50. The van der Waals surface area contributed by atoms with Crippen molar-refractivity contribution in [1.82, 2.24) is 4.98 Å². The molecule has 0 aliphatic rings. The number of halogens is 2. The molecule has 96 valence electrons. The molecule has 3 nitrogen and oxygen atoms in total. The first-order valence-corrected chi connectivity index (χ1v) is 6.37. The first-order valence-electron chi connectivity index (χ1n) is 5.62. The van der Waals surface area contributed by atoms with E-state index in [0.29, 0.717) is 27.1 Å². The summed E-state index contributed by atoms with van der Waals surface area (Å²) < 4.78 is 0. The molecule has 1 N–H and O–H groups in total. The summed E-state index contributed by atoms with van der Waals surface area (Å²) in [5, 5.41) is 13.2. The standard InChI is InChI=1S/C14H11Cl2N3/c1-8-5-6-18-14(10(8)7-17)19-13-11(15)4-3-9(2)12(13)16/h3-6H,1-2H3,(H,18,19). The largest absolute Gasteiger partial charge is 0.337 e. The molecule has 1 heterocycles. The fourth-order valence-electron chi connectivity index (χ4n) is 1.68. The Hall–Kier alpha value is -1.76. The van der Waals surface area contributed by atoms with Crippen molar-refractivity contribution in [3.05, 3.63) is 51.1 Å². The lowest BCUT2D eigenvalue weighted by Gasteiger charge is -2.13. The van der Waals surface area contributed by atoms with E-state index in [1.54, 1.807) is 18.3 Å². The van der Waals surface area contributed by atoms with Crippen LogP contribution in [0.5, 0.6) is 0 Å². The fourth-order valence-corrected chi connectivity index (χ4v) is 2.15. The van der Waals surface area contributed by atoms with Crippen LogP contribution in [0.2, 0.25) is 10.0 Å². The van der Waals surface area contributed by atoms with Gasteiger partial charge in [-0.2, -0.15) is 5.26 Å². The summed E-state index contributed by atoms with van der Waals surface area (Å²) in [6.07, 6.45) is 1.64. The molecule has 0 bridgehead atoms. The molecule has 0 amide bonds. The summed E-state index contributed by atoms with van der Waals surface area (Å²) >= 11 is 12.4. The fraction of sp³-hybridized carbons (Fsp3) is 0.143. The summed E-state index contributed by atoms with van der Waals surface area (Å²) in [5.74, 6) is 0.455. The highest BCUT2D eigenvalue weighted by atomic mass is 35.5. The number of rotatable bonds is 2. The number of nitrogens with zero attached hydrogens (tertiary/aromatic N) is 2. The van der Waals surface area contributed by atoms with E-state index in [1.807, 2.05) is 19.9 Å². The van der Waals surface area contributed by atoms with Crippen LogP contribution < -0.4 is 5.32 Å². The van der Waals surface area contributed by atoms with E-state index in [-0.39, 0.29) is 0 Å². The van der Waals surface area contributed by atoms with E-state index < -0.39 is 0 Å². The smallest absolute Gasteiger partial charge is 0.148 e. The summed E-state index contributed by atoms with van der Waals surface area (Å²) in [6.45, 7) is 3.74. The molecule has 1 aromatic heterocycles. The number of hydrogen-bond acceptors (Lipinski definition) is 3. The average molecular weight is 292 g/mol. The van der Waals surface area contributed by atoms with E-state index >= 15 is 0 Å². The van der Waals surface area contributed by atoms with Crippen LogP contribution in [0.15, 0.2) is 24.4 Å². The van der Waals surface area contributed by atoms with Gasteiger partial charge in [0.25, 0.3) is 0 Å². The molecule has 0 radical (unpaired) electrons. The maximum absolute atomic E-state index is 9.17. The van der Waals surface area contributed by atoms with Gasteiger partial charge in [-0.15, -0.1) is 0 Å². The molecular weight excluding hydrogens is 281 g/mol. The highest BCUT2D eigenvalue weighted by Gasteiger charge is 2.12. The Morgan fingerprint density at radius 2 is 1.89 bits per heavy atom. The molecule has 0 fully saturated rings. The average Bonchev–Trinajstić information content (AvgIpc) is 2.39. The topological polar surface area (TPSA) is 48.7 Å². The van der Waals surface area contributed by atoms with Gasteiger partial charge >= 0.3 is 0 Å². The highest BCUT2D eigenvalue weighted by molar-refractivity contribution is 6.39. The summed E-state index contributed by atoms with van der Waals surface area (Å²) in [7, 11) is 0. The van der Waals surface area contributed by atoms with Crippen molar-refractivity contribution in [3.8, 4) is 6.07 Å². The lowest BCUT2D eigenvalue weighted by atomic mass is 10.1. The van der Waals surface area contributed by atoms with Gasteiger partial charge in [0.2, 0.25) is 0 Å². The van der Waals surface area contributed by atoms with Gasteiger partial charge in [0, 0.05) is 6.20 Å². The van der Waals surface area contributed by atoms with Gasteiger partial charge in [-0.05, 0) is 37.1 Å². The van der Waals surface area contributed by atoms with Crippen LogP contribution in [-0.2, 0) is 0 Å². The van der Waals surface area contributed by atoms with Crippen molar-refractivity contribution < 1.29 is 0 Å². The Labute approximate surface area is 121 Å². The number of aromatic nitrogens is 1. The number of pyridine rings is 1. The van der Waals surface area contributed by atoms with Crippen LogP contribution in [-0.4, -0.2) is 4.98 Å². The van der Waals surface area contributed by atoms with Gasteiger partial charge in [0.05, 0.1) is 21.3 Å². The molecule has 0 saturated carbocycles. The second-order valence-corrected chi connectivity index (χ2v) is 4.93. The monoisotopic (exact) mass is 291 g/mol. The number of nitriles is 1. The Balaban J connectivity index is 2.52. The lowest BCUT2D eigenvalue weighted by molar-refractivity contribution is 1.24. The first kappa shape index (κ1) is 13.7. The Bertz CT molecular complexity index is 675. The van der Waals surface area contributed by atoms with E-state index in [9.17, 15) is 5.26 Å². The number of nitrogens with one attached hydrogen (secondary N) is 1. The van der Waals surface area contributed by atoms with Gasteiger partial charge in [-0.25, -0.2) is 4.98 Å². The number of aryl methyl sites for hydroxylation is 2. The molecule has 0 spiro atoms. The van der Waals surface area contributed by atoms with Crippen LogP contribution in [0.4, 0.5) is 11.5 Å². The number of hydrogen-bond donors (Lipinski definition) is 1. The highest BCUT2D eigenvalue weighted by Crippen LogP contribution is 2.35. The quantitative estimate of drug-likeness (QED) is 0.878. The molecule has 2 rings (SSSR count). The number of benzene rings is 1. The van der Waals surface area contributed by atoms with Crippen LogP contribution in [0.25, 0.3) is 0 Å². The SMILES string of the molecule is Cc1ccc(Cl)c(Nc2nccc(C)c2C#N)c1Cl. The molecule has 19 heavy (non-hydrogen) atoms. The molecule has 0 atom stereocenters. The van der Waals surface area contributed by atoms with E-state index in [4.69, 9.17) is 23.2 Å². The van der Waals surface area contributed by atoms with Crippen molar-refractivity contribution in [2.24, 2.45) is 0 Å². The zero-order valence-corrected chi connectivity index (χ0v) is 12.0. The third-order valence-electron chi connectivity index (χ3n) is 2.80. The predicted molar refractivity (Wildman–Crippen MR) is 78.2 cm³/mol. The van der Waals surface area contributed by atoms with Crippen LogP contribution in [0, 0.1) is 25.2 Å². The van der Waals surface area contributed by atoms with Crippen LogP contribution in [0.1, 0.15) is 16.7 Å². The lowest BCUT2D eigenvalue weighted by Crippen LogP contribution is -2.00. The molecule has 1 aromatic carbocycles. The first-order chi connectivity index (χ1) is 9.04. The molecule has 2 aromatic rings. The molecule has 0 aliphatic heterocycles. The molecule has 0 saturated heterocycles. The van der Waals surface area contributed by atoms with Gasteiger partial charge in [0.1, 0.15) is 11.9 Å². The number of anilines is 2. The minimum Gasteiger partial charge on any atom is -0.337 e. The maximum atomic E-state index is 9.17. The van der Waals surface area contributed by atoms with Gasteiger partial charge in [-0.1, -0.05) is 29.3 Å². The molecular formula is C14H11Cl2N3. The van der Waals surface area contributed by atoms with Crippen molar-refractivity contribution in [1.29, 1.82) is 5.26 Å². The predicted octanol–water partition coefficient (Wildman–Crippen LogP) is 4.62. The van der Waals surface area contributed by atoms with Gasteiger partial charge in [-0.3, -0.25) is 0 Å². The van der Waals surface area contributed by atoms with Gasteiger partial charge in [0.15, 0.2) is 0 Å². The van der Waals surface area contributed by atoms with Crippen LogP contribution >= 0.6 is 23.2 Å².